The van der Waals surface area contributed by atoms with Crippen molar-refractivity contribution in [1.82, 2.24) is 4.37 Å². The maximum atomic E-state index is 13.4. The van der Waals surface area contributed by atoms with Crippen LogP contribution < -0.4 is 9.64 Å². The van der Waals surface area contributed by atoms with Crippen molar-refractivity contribution < 1.29 is 19.4 Å². The van der Waals surface area contributed by atoms with E-state index in [0.29, 0.717) is 17.0 Å². The highest BCUT2D eigenvalue weighted by molar-refractivity contribution is 7.04. The van der Waals surface area contributed by atoms with E-state index in [1.807, 2.05) is 67.8 Å². The number of anilines is 1. The van der Waals surface area contributed by atoms with Gasteiger partial charge in [-0.05, 0) is 55.6 Å². The lowest BCUT2D eigenvalue weighted by Gasteiger charge is -2.30. The van der Waals surface area contributed by atoms with Crippen LogP contribution >= 0.6 is 11.5 Å². The largest absolute Gasteiger partial charge is 0.491 e. The standard InChI is InChI=1S/C28H32N2O4S/c1-6-22-21(15-35-29-22)18-11-13-19(14-12-18)30-25(20-9-7-8-10-23(20)34-17(4)5)24(26(31)16(2)3)27(32)28(30)33/h7-17,24-25,27,32H,6H2,1-5H3. The van der Waals surface area contributed by atoms with E-state index < -0.39 is 24.0 Å². The number of nitrogens with zero attached hydrogens (tertiary/aromatic N) is 2. The monoisotopic (exact) mass is 492 g/mol. The lowest BCUT2D eigenvalue weighted by Crippen LogP contribution is -2.33. The Labute approximate surface area is 210 Å². The molecule has 1 aromatic heterocycles. The number of rotatable bonds is 8. The Morgan fingerprint density at radius 1 is 1.11 bits per heavy atom. The third kappa shape index (κ3) is 4.75. The fourth-order valence-corrected chi connectivity index (χ4v) is 5.51. The number of ether oxygens (including phenoxy) is 1. The van der Waals surface area contributed by atoms with Gasteiger partial charge in [0, 0.05) is 28.1 Å². The maximum Gasteiger partial charge on any atom is 0.257 e. The van der Waals surface area contributed by atoms with Gasteiger partial charge in [0.2, 0.25) is 0 Å². The average molecular weight is 493 g/mol. The number of ketones is 1. The number of aliphatic hydroxyl groups is 1. The first-order valence-electron chi connectivity index (χ1n) is 12.1. The number of carbonyl (C=O) groups excluding carboxylic acids is 2. The second-order valence-electron chi connectivity index (χ2n) is 9.46. The van der Waals surface area contributed by atoms with E-state index in [0.717, 1.165) is 23.2 Å². The summed E-state index contributed by atoms with van der Waals surface area (Å²) in [6, 6.07) is 14.4. The third-order valence-corrected chi connectivity index (χ3v) is 7.05. The average Bonchev–Trinajstić information content (AvgIpc) is 3.41. The number of carbonyl (C=O) groups is 2. The Morgan fingerprint density at radius 2 is 1.80 bits per heavy atom. The highest BCUT2D eigenvalue weighted by atomic mass is 32.1. The first-order chi connectivity index (χ1) is 16.7. The summed E-state index contributed by atoms with van der Waals surface area (Å²) >= 11 is 1.43. The summed E-state index contributed by atoms with van der Waals surface area (Å²) in [6.45, 7) is 9.53. The fraction of sp³-hybridized carbons (Fsp3) is 0.393. The van der Waals surface area contributed by atoms with Crippen LogP contribution in [0.1, 0.15) is 51.9 Å². The number of hydrogen-bond acceptors (Lipinski definition) is 6. The van der Waals surface area contributed by atoms with Crippen molar-refractivity contribution in [3.63, 3.8) is 0 Å². The molecule has 0 saturated carbocycles. The molecule has 3 aromatic rings. The van der Waals surface area contributed by atoms with E-state index in [4.69, 9.17) is 4.74 Å². The zero-order valence-corrected chi connectivity index (χ0v) is 21.6. The summed E-state index contributed by atoms with van der Waals surface area (Å²) in [7, 11) is 0. The van der Waals surface area contributed by atoms with Gasteiger partial charge >= 0.3 is 0 Å². The van der Waals surface area contributed by atoms with Gasteiger partial charge in [-0.1, -0.05) is 51.1 Å². The predicted octanol–water partition coefficient (Wildman–Crippen LogP) is 5.45. The molecule has 4 rings (SSSR count). The van der Waals surface area contributed by atoms with Crippen LogP contribution in [0, 0.1) is 11.8 Å². The molecule has 7 heteroatoms. The minimum atomic E-state index is -1.42. The van der Waals surface area contributed by atoms with Crippen molar-refractivity contribution in [2.75, 3.05) is 4.90 Å². The Hall–Kier alpha value is -3.03. The topological polar surface area (TPSA) is 79.7 Å². The quantitative estimate of drug-likeness (QED) is 0.452. The Bertz CT molecular complexity index is 1200. The van der Waals surface area contributed by atoms with Crippen molar-refractivity contribution in [3.05, 3.63) is 65.2 Å². The molecule has 0 bridgehead atoms. The molecule has 1 aliphatic heterocycles. The zero-order chi connectivity index (χ0) is 25.3. The minimum absolute atomic E-state index is 0.0860. The summed E-state index contributed by atoms with van der Waals surface area (Å²) in [4.78, 5) is 28.3. The lowest BCUT2D eigenvalue weighted by molar-refractivity contribution is -0.134. The molecule has 184 valence electrons. The van der Waals surface area contributed by atoms with Crippen molar-refractivity contribution >= 4 is 28.9 Å². The van der Waals surface area contributed by atoms with E-state index >= 15 is 0 Å². The molecule has 0 spiro atoms. The number of para-hydroxylation sites is 1. The first-order valence-corrected chi connectivity index (χ1v) is 12.9. The number of aryl methyl sites for hydroxylation is 1. The van der Waals surface area contributed by atoms with Crippen molar-refractivity contribution in [2.45, 2.75) is 59.3 Å². The number of benzene rings is 2. The molecule has 0 radical (unpaired) electrons. The first kappa shape index (κ1) is 25.1. The maximum absolute atomic E-state index is 13.4. The summed E-state index contributed by atoms with van der Waals surface area (Å²) < 4.78 is 10.5. The van der Waals surface area contributed by atoms with Gasteiger partial charge in [-0.3, -0.25) is 9.59 Å². The van der Waals surface area contributed by atoms with Gasteiger partial charge in [0.05, 0.1) is 23.8 Å². The van der Waals surface area contributed by atoms with E-state index in [2.05, 4.69) is 11.3 Å². The van der Waals surface area contributed by atoms with Crippen molar-refractivity contribution in [3.8, 4) is 16.9 Å². The minimum Gasteiger partial charge on any atom is -0.491 e. The van der Waals surface area contributed by atoms with Crippen LogP contribution in [0.25, 0.3) is 11.1 Å². The Kier molecular flexibility index (Phi) is 7.38. The van der Waals surface area contributed by atoms with Crippen LogP contribution in [0.2, 0.25) is 0 Å². The number of aromatic nitrogens is 1. The molecule has 1 N–H and O–H groups in total. The Balaban J connectivity index is 1.82. The Morgan fingerprint density at radius 3 is 2.43 bits per heavy atom. The van der Waals surface area contributed by atoms with Crippen LogP contribution in [0.3, 0.4) is 0 Å². The number of aliphatic hydroxyl groups excluding tert-OH is 1. The van der Waals surface area contributed by atoms with Crippen molar-refractivity contribution in [2.24, 2.45) is 11.8 Å². The summed E-state index contributed by atoms with van der Waals surface area (Å²) in [5, 5.41) is 13.1. The van der Waals surface area contributed by atoms with Crippen LogP contribution in [0.5, 0.6) is 5.75 Å². The zero-order valence-electron chi connectivity index (χ0n) is 20.8. The van der Waals surface area contributed by atoms with Gasteiger partial charge in [-0.25, -0.2) is 0 Å². The molecular weight excluding hydrogens is 460 g/mol. The molecule has 2 heterocycles. The van der Waals surface area contributed by atoms with Gasteiger partial charge in [0.1, 0.15) is 17.6 Å². The predicted molar refractivity (Wildman–Crippen MR) is 139 cm³/mol. The molecule has 1 fully saturated rings. The van der Waals surface area contributed by atoms with Gasteiger partial charge in [0.25, 0.3) is 5.91 Å². The van der Waals surface area contributed by atoms with E-state index in [9.17, 15) is 14.7 Å². The van der Waals surface area contributed by atoms with E-state index in [-0.39, 0.29) is 17.8 Å². The molecule has 35 heavy (non-hydrogen) atoms. The fourth-order valence-electron chi connectivity index (χ4n) is 4.72. The molecule has 6 nitrogen and oxygen atoms in total. The molecule has 3 unspecified atom stereocenters. The molecule has 1 saturated heterocycles. The van der Waals surface area contributed by atoms with Crippen LogP contribution in [-0.2, 0) is 16.0 Å². The van der Waals surface area contributed by atoms with Crippen LogP contribution in [-0.4, -0.2) is 33.4 Å². The van der Waals surface area contributed by atoms with E-state index in [1.165, 1.54) is 11.5 Å². The van der Waals surface area contributed by atoms with Crippen molar-refractivity contribution in [1.29, 1.82) is 0 Å². The third-order valence-electron chi connectivity index (χ3n) is 6.38. The second-order valence-corrected chi connectivity index (χ2v) is 10.1. The number of Topliss-reactive ketones (excluding diaryl/α,β-unsaturated/α-hetero) is 1. The van der Waals surface area contributed by atoms with E-state index in [1.54, 1.807) is 18.7 Å². The number of hydrogen-bond donors (Lipinski definition) is 1. The summed E-state index contributed by atoms with van der Waals surface area (Å²) in [6.07, 6.45) is -0.669. The van der Waals surface area contributed by atoms with Gasteiger partial charge in [0.15, 0.2) is 0 Å². The van der Waals surface area contributed by atoms with Gasteiger partial charge in [-0.2, -0.15) is 4.37 Å². The second kappa shape index (κ2) is 10.3. The molecular formula is C28H32N2O4S. The summed E-state index contributed by atoms with van der Waals surface area (Å²) in [5.74, 6) is -1.25. The van der Waals surface area contributed by atoms with Crippen LogP contribution in [0.15, 0.2) is 53.9 Å². The number of amides is 1. The molecule has 3 atom stereocenters. The smallest absolute Gasteiger partial charge is 0.257 e. The lowest BCUT2D eigenvalue weighted by atomic mass is 9.84. The van der Waals surface area contributed by atoms with Crippen LogP contribution in [0.4, 0.5) is 5.69 Å². The van der Waals surface area contributed by atoms with Gasteiger partial charge < -0.3 is 14.7 Å². The molecule has 1 amide bonds. The van der Waals surface area contributed by atoms with Gasteiger partial charge in [-0.15, -0.1) is 0 Å². The summed E-state index contributed by atoms with van der Waals surface area (Å²) in [5.41, 5.74) is 4.47. The highest BCUT2D eigenvalue weighted by Crippen LogP contribution is 2.46. The highest BCUT2D eigenvalue weighted by Gasteiger charge is 2.53. The molecule has 1 aliphatic rings. The molecule has 2 aromatic carbocycles. The molecule has 0 aliphatic carbocycles. The normalized spacial score (nSPS) is 20.2. The SMILES string of the molecule is CCc1nscc1-c1ccc(N2C(=O)C(O)C(C(=O)C(C)C)C2c2ccccc2OC(C)C)cc1.